The smallest absolute Gasteiger partial charge is 0.241 e. The van der Waals surface area contributed by atoms with Gasteiger partial charge in [0.15, 0.2) is 5.96 Å². The number of rotatable bonds is 7. The molecule has 6 nitrogen and oxygen atoms in total. The monoisotopic (exact) mass is 394 g/mol. The first-order chi connectivity index (χ1) is 12.3. The fraction of sp³-hybridized carbons (Fsp3) is 0.389. The first-order valence-corrected chi connectivity index (χ1v) is 10.7. The molecule has 0 unspecified atom stereocenters. The molecular formula is C18H26N4O2S2. The Morgan fingerprint density at radius 2 is 1.85 bits per heavy atom. The van der Waals surface area contributed by atoms with E-state index in [0.717, 1.165) is 21.3 Å². The summed E-state index contributed by atoms with van der Waals surface area (Å²) in [5.74, 6) is 0.718. The van der Waals surface area contributed by atoms with E-state index in [4.69, 9.17) is 0 Å². The Hall–Kier alpha value is -1.90. The number of nitrogens with one attached hydrogen (secondary N) is 2. The van der Waals surface area contributed by atoms with Crippen LogP contribution in [0.3, 0.4) is 0 Å². The molecule has 2 N–H and O–H groups in total. The van der Waals surface area contributed by atoms with Gasteiger partial charge < -0.3 is 10.2 Å². The highest BCUT2D eigenvalue weighted by Crippen LogP contribution is 2.24. The standard InChI is InChI=1S/C18H26N4O2S2/c1-14-12-17(15(2)25-14)26(23,24)21-11-10-19-18(22(3)4)20-13-16-8-6-5-7-9-16/h5-9,12,21H,10-11,13H2,1-4H3,(H,19,20). The topological polar surface area (TPSA) is 73.8 Å². The van der Waals surface area contributed by atoms with Crippen molar-refractivity contribution in [2.45, 2.75) is 25.3 Å². The normalized spacial score (nSPS) is 12.2. The third kappa shape index (κ3) is 5.82. The maximum Gasteiger partial charge on any atom is 0.241 e. The first-order valence-electron chi connectivity index (χ1n) is 8.36. The molecule has 0 saturated carbocycles. The van der Waals surface area contributed by atoms with Crippen molar-refractivity contribution < 1.29 is 8.42 Å². The minimum absolute atomic E-state index is 0.287. The summed E-state index contributed by atoms with van der Waals surface area (Å²) in [4.78, 5) is 8.60. The molecule has 1 aromatic heterocycles. The zero-order valence-corrected chi connectivity index (χ0v) is 17.2. The Labute approximate surface area is 160 Å². The minimum Gasteiger partial charge on any atom is -0.355 e. The number of hydrogen-bond acceptors (Lipinski definition) is 4. The van der Waals surface area contributed by atoms with E-state index in [0.29, 0.717) is 18.0 Å². The largest absolute Gasteiger partial charge is 0.355 e. The van der Waals surface area contributed by atoms with Crippen LogP contribution in [0.15, 0.2) is 46.3 Å². The average molecular weight is 395 g/mol. The van der Waals surface area contributed by atoms with Crippen LogP contribution in [0.2, 0.25) is 0 Å². The second-order valence-electron chi connectivity index (χ2n) is 6.12. The molecule has 142 valence electrons. The molecular weight excluding hydrogens is 368 g/mol. The van der Waals surface area contributed by atoms with Crippen molar-refractivity contribution in [1.82, 2.24) is 14.9 Å². The lowest BCUT2D eigenvalue weighted by atomic mass is 10.2. The van der Waals surface area contributed by atoms with E-state index < -0.39 is 10.0 Å². The van der Waals surface area contributed by atoms with E-state index in [1.165, 1.54) is 11.3 Å². The van der Waals surface area contributed by atoms with E-state index in [2.05, 4.69) is 15.0 Å². The number of nitrogens with zero attached hydrogens (tertiary/aromatic N) is 2. The third-order valence-electron chi connectivity index (χ3n) is 3.66. The highest BCUT2D eigenvalue weighted by molar-refractivity contribution is 7.89. The van der Waals surface area contributed by atoms with Crippen LogP contribution in [0.25, 0.3) is 0 Å². The zero-order chi connectivity index (χ0) is 19.2. The number of aryl methyl sites for hydroxylation is 2. The molecule has 0 atom stereocenters. The van der Waals surface area contributed by atoms with E-state index in [-0.39, 0.29) is 6.54 Å². The van der Waals surface area contributed by atoms with Crippen LogP contribution in [0.5, 0.6) is 0 Å². The van der Waals surface area contributed by atoms with Crippen LogP contribution in [0.4, 0.5) is 0 Å². The molecule has 2 rings (SSSR count). The molecule has 0 aliphatic heterocycles. The van der Waals surface area contributed by atoms with Crippen molar-refractivity contribution in [3.63, 3.8) is 0 Å². The summed E-state index contributed by atoms with van der Waals surface area (Å²) >= 11 is 1.49. The van der Waals surface area contributed by atoms with Gasteiger partial charge in [-0.15, -0.1) is 11.3 Å². The van der Waals surface area contributed by atoms with Gasteiger partial charge in [0.2, 0.25) is 10.0 Å². The number of aliphatic imine (C=N–C) groups is 1. The fourth-order valence-corrected chi connectivity index (χ4v) is 5.00. The molecule has 0 bridgehead atoms. The number of benzene rings is 1. The van der Waals surface area contributed by atoms with Crippen LogP contribution >= 0.6 is 11.3 Å². The van der Waals surface area contributed by atoms with Gasteiger partial charge in [0.05, 0.1) is 11.4 Å². The van der Waals surface area contributed by atoms with Gasteiger partial charge in [0.25, 0.3) is 0 Å². The van der Waals surface area contributed by atoms with Crippen LogP contribution in [0.1, 0.15) is 15.3 Å². The minimum atomic E-state index is -3.48. The van der Waals surface area contributed by atoms with Crippen molar-refractivity contribution in [1.29, 1.82) is 0 Å². The quantitative estimate of drug-likeness (QED) is 0.429. The van der Waals surface area contributed by atoms with E-state index in [1.54, 1.807) is 6.07 Å². The highest BCUT2D eigenvalue weighted by atomic mass is 32.2. The summed E-state index contributed by atoms with van der Waals surface area (Å²) in [6, 6.07) is 11.7. The summed E-state index contributed by atoms with van der Waals surface area (Å²) in [6.07, 6.45) is 0. The van der Waals surface area contributed by atoms with Crippen molar-refractivity contribution in [2.24, 2.45) is 4.99 Å². The SMILES string of the molecule is Cc1cc(S(=O)(=O)NCCNC(=NCc2ccccc2)N(C)C)c(C)s1. The Morgan fingerprint density at radius 1 is 1.15 bits per heavy atom. The highest BCUT2D eigenvalue weighted by Gasteiger charge is 2.18. The van der Waals surface area contributed by atoms with Crippen molar-refractivity contribution in [2.75, 3.05) is 27.2 Å². The Bertz CT molecular complexity index is 843. The summed E-state index contributed by atoms with van der Waals surface area (Å²) < 4.78 is 27.4. The van der Waals surface area contributed by atoms with Crippen molar-refractivity contribution in [3.8, 4) is 0 Å². The molecule has 0 radical (unpaired) electrons. The number of hydrogen-bond donors (Lipinski definition) is 2. The fourth-order valence-electron chi connectivity index (χ4n) is 2.42. The van der Waals surface area contributed by atoms with Gasteiger partial charge in [-0.25, -0.2) is 18.1 Å². The molecule has 8 heteroatoms. The van der Waals surface area contributed by atoms with Crippen LogP contribution in [0, 0.1) is 13.8 Å². The average Bonchev–Trinajstić information content (AvgIpc) is 2.94. The number of sulfonamides is 1. The summed E-state index contributed by atoms with van der Waals surface area (Å²) in [5.41, 5.74) is 1.12. The molecule has 0 amide bonds. The summed E-state index contributed by atoms with van der Waals surface area (Å²) in [6.45, 7) is 5.04. The van der Waals surface area contributed by atoms with Gasteiger partial charge in [0.1, 0.15) is 0 Å². The lowest BCUT2D eigenvalue weighted by molar-refractivity contribution is 0.567. The molecule has 1 aromatic carbocycles. The molecule has 0 aliphatic rings. The van der Waals surface area contributed by atoms with Gasteiger partial charge >= 0.3 is 0 Å². The van der Waals surface area contributed by atoms with Crippen LogP contribution in [-0.4, -0.2) is 46.5 Å². The Morgan fingerprint density at radius 3 is 2.42 bits per heavy atom. The van der Waals surface area contributed by atoms with E-state index in [9.17, 15) is 8.42 Å². The van der Waals surface area contributed by atoms with Crippen LogP contribution < -0.4 is 10.0 Å². The predicted molar refractivity (Wildman–Crippen MR) is 108 cm³/mol. The first kappa shape index (κ1) is 20.4. The van der Waals surface area contributed by atoms with Gasteiger partial charge in [-0.2, -0.15) is 0 Å². The lowest BCUT2D eigenvalue weighted by Crippen LogP contribution is -2.41. The number of thiophene rings is 1. The van der Waals surface area contributed by atoms with Crippen molar-refractivity contribution in [3.05, 3.63) is 51.7 Å². The van der Waals surface area contributed by atoms with E-state index >= 15 is 0 Å². The molecule has 26 heavy (non-hydrogen) atoms. The van der Waals surface area contributed by atoms with Gasteiger partial charge in [0, 0.05) is 36.9 Å². The second kappa shape index (κ2) is 9.16. The molecule has 0 saturated heterocycles. The Kier molecular flexibility index (Phi) is 7.19. The van der Waals surface area contributed by atoms with Gasteiger partial charge in [-0.1, -0.05) is 30.3 Å². The zero-order valence-electron chi connectivity index (χ0n) is 15.6. The Balaban J connectivity index is 1.89. The molecule has 1 heterocycles. The maximum atomic E-state index is 12.4. The van der Waals surface area contributed by atoms with Gasteiger partial charge in [-0.3, -0.25) is 0 Å². The predicted octanol–water partition coefficient (Wildman–Crippen LogP) is 2.35. The maximum absolute atomic E-state index is 12.4. The molecule has 0 fully saturated rings. The molecule has 2 aromatic rings. The van der Waals surface area contributed by atoms with Gasteiger partial charge in [-0.05, 0) is 25.5 Å². The second-order valence-corrected chi connectivity index (χ2v) is 9.32. The third-order valence-corrected chi connectivity index (χ3v) is 6.35. The lowest BCUT2D eigenvalue weighted by Gasteiger charge is -2.18. The molecule has 0 aliphatic carbocycles. The summed E-state index contributed by atoms with van der Waals surface area (Å²) in [5, 5.41) is 3.18. The molecule has 0 spiro atoms. The number of guanidine groups is 1. The summed E-state index contributed by atoms with van der Waals surface area (Å²) in [7, 11) is 0.326. The van der Waals surface area contributed by atoms with E-state index in [1.807, 2.05) is 63.2 Å². The van der Waals surface area contributed by atoms with Crippen molar-refractivity contribution >= 4 is 27.3 Å². The van der Waals surface area contributed by atoms with Crippen LogP contribution in [-0.2, 0) is 16.6 Å².